The molecule has 1 rings (SSSR count). The molecule has 1 saturated heterocycles. The zero-order valence-electron chi connectivity index (χ0n) is 9.81. The highest BCUT2D eigenvalue weighted by molar-refractivity contribution is 5.94. The number of alkyl halides is 1. The van der Waals surface area contributed by atoms with Crippen molar-refractivity contribution in [3.63, 3.8) is 0 Å². The number of carbonyl (C=O) groups excluding carboxylic acids is 3. The molecule has 0 aromatic heterocycles. The first-order valence-electron chi connectivity index (χ1n) is 5.39. The Morgan fingerprint density at radius 1 is 1.35 bits per heavy atom. The second kappa shape index (κ2) is 5.60. The minimum Gasteiger partial charge on any atom is -0.462 e. The van der Waals surface area contributed by atoms with Gasteiger partial charge in [-0.2, -0.15) is 0 Å². The summed E-state index contributed by atoms with van der Waals surface area (Å²) < 4.78 is 18.0. The number of piperazine rings is 1. The van der Waals surface area contributed by atoms with E-state index in [1.54, 1.807) is 6.92 Å². The molecular formula is C10H15FN2O4. The molecule has 7 heteroatoms. The van der Waals surface area contributed by atoms with Gasteiger partial charge in [0.05, 0.1) is 13.2 Å². The van der Waals surface area contributed by atoms with Crippen LogP contribution in [0, 0.1) is 0 Å². The Morgan fingerprint density at radius 3 is 2.53 bits per heavy atom. The lowest BCUT2D eigenvalue weighted by atomic mass is 10.3. The van der Waals surface area contributed by atoms with Crippen LogP contribution < -0.4 is 0 Å². The molecule has 1 atom stereocenters. The standard InChI is InChI=1S/C10H15FN2O4/c1-3-12-5-8(15)13(6-7(12)14)9(11)10(16)17-4-2/h9H,3-6H2,1-2H3. The van der Waals surface area contributed by atoms with Crippen molar-refractivity contribution in [3.05, 3.63) is 0 Å². The molecule has 0 bridgehead atoms. The summed E-state index contributed by atoms with van der Waals surface area (Å²) in [6.45, 7) is 3.04. The van der Waals surface area contributed by atoms with Gasteiger partial charge in [0.1, 0.15) is 6.54 Å². The van der Waals surface area contributed by atoms with Gasteiger partial charge in [-0.25, -0.2) is 9.18 Å². The third-order valence-corrected chi connectivity index (χ3v) is 2.44. The molecule has 2 amide bonds. The zero-order valence-corrected chi connectivity index (χ0v) is 9.81. The lowest BCUT2D eigenvalue weighted by molar-refractivity contribution is -0.168. The minimum absolute atomic E-state index is 0.0241. The van der Waals surface area contributed by atoms with Crippen molar-refractivity contribution in [1.29, 1.82) is 0 Å². The normalized spacial score (nSPS) is 18.3. The van der Waals surface area contributed by atoms with Gasteiger partial charge in [0.15, 0.2) is 0 Å². The molecule has 1 heterocycles. The maximum atomic E-state index is 13.6. The van der Waals surface area contributed by atoms with Crippen LogP contribution in [0.4, 0.5) is 4.39 Å². The summed E-state index contributed by atoms with van der Waals surface area (Å²) in [7, 11) is 0. The molecule has 17 heavy (non-hydrogen) atoms. The van der Waals surface area contributed by atoms with Gasteiger partial charge in [-0.05, 0) is 13.8 Å². The Hall–Kier alpha value is -1.66. The van der Waals surface area contributed by atoms with Crippen molar-refractivity contribution in [2.24, 2.45) is 0 Å². The van der Waals surface area contributed by atoms with Crippen LogP contribution in [-0.4, -0.2) is 60.1 Å². The van der Waals surface area contributed by atoms with E-state index < -0.39 is 24.7 Å². The summed E-state index contributed by atoms with van der Waals surface area (Å²) in [5, 5.41) is 0. The Balaban J connectivity index is 2.69. The largest absolute Gasteiger partial charge is 0.462 e. The number of ether oxygens (including phenoxy) is 1. The summed E-state index contributed by atoms with van der Waals surface area (Å²) in [5.41, 5.74) is 0. The monoisotopic (exact) mass is 246 g/mol. The van der Waals surface area contributed by atoms with Crippen LogP contribution in [0.1, 0.15) is 13.8 Å². The molecule has 1 aliphatic heterocycles. The van der Waals surface area contributed by atoms with Crippen LogP contribution in [0.2, 0.25) is 0 Å². The van der Waals surface area contributed by atoms with Crippen LogP contribution in [0.25, 0.3) is 0 Å². The van der Waals surface area contributed by atoms with E-state index in [-0.39, 0.29) is 19.1 Å². The first-order chi connectivity index (χ1) is 8.01. The van der Waals surface area contributed by atoms with Crippen LogP contribution in [0.15, 0.2) is 0 Å². The van der Waals surface area contributed by atoms with Gasteiger partial charge in [-0.3, -0.25) is 14.5 Å². The average molecular weight is 246 g/mol. The molecule has 0 spiro atoms. The van der Waals surface area contributed by atoms with Crippen molar-refractivity contribution in [1.82, 2.24) is 9.80 Å². The smallest absolute Gasteiger partial charge is 0.362 e. The predicted octanol–water partition coefficient (Wildman–Crippen LogP) is -0.464. The summed E-state index contributed by atoms with van der Waals surface area (Å²) in [5.74, 6) is -2.11. The van der Waals surface area contributed by atoms with Gasteiger partial charge in [0.2, 0.25) is 11.8 Å². The highest BCUT2D eigenvalue weighted by Crippen LogP contribution is 2.11. The van der Waals surface area contributed by atoms with Crippen LogP contribution in [0.5, 0.6) is 0 Å². The average Bonchev–Trinajstić information content (AvgIpc) is 2.31. The van der Waals surface area contributed by atoms with Crippen molar-refractivity contribution < 1.29 is 23.5 Å². The maximum Gasteiger partial charge on any atom is 0.362 e. The SMILES string of the molecule is CCOC(=O)C(F)N1CC(=O)N(CC)CC1=O. The van der Waals surface area contributed by atoms with E-state index in [2.05, 4.69) is 4.74 Å². The zero-order chi connectivity index (χ0) is 13.0. The Bertz CT molecular complexity index is 332. The third-order valence-electron chi connectivity index (χ3n) is 2.44. The van der Waals surface area contributed by atoms with Gasteiger partial charge < -0.3 is 9.64 Å². The number of hydrogen-bond acceptors (Lipinski definition) is 4. The Kier molecular flexibility index (Phi) is 4.42. The first-order valence-corrected chi connectivity index (χ1v) is 5.39. The van der Waals surface area contributed by atoms with E-state index in [9.17, 15) is 18.8 Å². The van der Waals surface area contributed by atoms with E-state index in [4.69, 9.17) is 0 Å². The number of likely N-dealkylation sites (N-methyl/N-ethyl adjacent to an activating group) is 1. The quantitative estimate of drug-likeness (QED) is 0.497. The number of carbonyl (C=O) groups is 3. The van der Waals surface area contributed by atoms with Crippen molar-refractivity contribution >= 4 is 17.8 Å². The van der Waals surface area contributed by atoms with Crippen molar-refractivity contribution in [2.45, 2.75) is 20.1 Å². The van der Waals surface area contributed by atoms with Crippen LogP contribution in [0.3, 0.4) is 0 Å². The lowest BCUT2D eigenvalue weighted by Crippen LogP contribution is -2.57. The van der Waals surface area contributed by atoms with E-state index in [0.717, 1.165) is 0 Å². The number of nitrogens with zero attached hydrogens (tertiary/aromatic N) is 2. The molecule has 0 aromatic rings. The number of halogens is 1. The minimum atomic E-state index is -2.20. The summed E-state index contributed by atoms with van der Waals surface area (Å²) >= 11 is 0. The summed E-state index contributed by atoms with van der Waals surface area (Å²) in [6, 6.07) is 0. The number of esters is 1. The summed E-state index contributed by atoms with van der Waals surface area (Å²) in [6.07, 6.45) is -2.20. The molecule has 0 N–H and O–H groups in total. The number of rotatable bonds is 4. The molecule has 1 aliphatic rings. The lowest BCUT2D eigenvalue weighted by Gasteiger charge is -2.34. The van der Waals surface area contributed by atoms with Gasteiger partial charge >= 0.3 is 5.97 Å². The molecule has 0 saturated carbocycles. The fourth-order valence-electron chi connectivity index (χ4n) is 1.51. The fraction of sp³-hybridized carbons (Fsp3) is 0.700. The highest BCUT2D eigenvalue weighted by atomic mass is 19.1. The van der Waals surface area contributed by atoms with Gasteiger partial charge in [0, 0.05) is 6.54 Å². The Morgan fingerprint density at radius 2 is 2.00 bits per heavy atom. The number of hydrogen-bond donors (Lipinski definition) is 0. The molecule has 1 unspecified atom stereocenters. The van der Waals surface area contributed by atoms with Gasteiger partial charge in [0.25, 0.3) is 6.30 Å². The molecule has 96 valence electrons. The van der Waals surface area contributed by atoms with E-state index in [0.29, 0.717) is 11.4 Å². The molecule has 6 nitrogen and oxygen atoms in total. The molecule has 0 aromatic carbocycles. The second-order valence-electron chi connectivity index (χ2n) is 3.52. The maximum absolute atomic E-state index is 13.6. The topological polar surface area (TPSA) is 66.9 Å². The number of amides is 2. The van der Waals surface area contributed by atoms with Crippen LogP contribution in [-0.2, 0) is 19.1 Å². The van der Waals surface area contributed by atoms with E-state index in [1.807, 2.05) is 0 Å². The van der Waals surface area contributed by atoms with E-state index >= 15 is 0 Å². The highest BCUT2D eigenvalue weighted by Gasteiger charge is 2.37. The van der Waals surface area contributed by atoms with E-state index in [1.165, 1.54) is 11.8 Å². The molecule has 1 fully saturated rings. The predicted molar refractivity (Wildman–Crippen MR) is 55.5 cm³/mol. The third kappa shape index (κ3) is 2.92. The second-order valence-corrected chi connectivity index (χ2v) is 3.52. The molecular weight excluding hydrogens is 231 g/mol. The Labute approximate surface area is 98.3 Å². The molecule has 0 radical (unpaired) electrons. The van der Waals surface area contributed by atoms with Crippen molar-refractivity contribution in [2.75, 3.05) is 26.2 Å². The summed E-state index contributed by atoms with van der Waals surface area (Å²) in [4.78, 5) is 36.1. The van der Waals surface area contributed by atoms with Gasteiger partial charge in [-0.15, -0.1) is 0 Å². The molecule has 0 aliphatic carbocycles. The van der Waals surface area contributed by atoms with Crippen LogP contribution >= 0.6 is 0 Å². The first kappa shape index (κ1) is 13.4. The fourth-order valence-corrected chi connectivity index (χ4v) is 1.51. The van der Waals surface area contributed by atoms with Crippen molar-refractivity contribution in [3.8, 4) is 0 Å². The van der Waals surface area contributed by atoms with Gasteiger partial charge in [-0.1, -0.05) is 0 Å².